The molecule has 0 radical (unpaired) electrons. The first-order valence-corrected chi connectivity index (χ1v) is 13.0. The highest BCUT2D eigenvalue weighted by Gasteiger charge is 2.11. The van der Waals surface area contributed by atoms with E-state index in [4.69, 9.17) is 8.83 Å². The van der Waals surface area contributed by atoms with Crippen LogP contribution in [-0.2, 0) is 0 Å². The molecule has 2 unspecified atom stereocenters. The molecule has 190 valence electrons. The van der Waals surface area contributed by atoms with Crippen LogP contribution in [0.5, 0.6) is 0 Å². The molecule has 2 heterocycles. The summed E-state index contributed by atoms with van der Waals surface area (Å²) >= 11 is 0. The second-order valence-electron chi connectivity index (χ2n) is 9.66. The molecule has 0 spiro atoms. The van der Waals surface area contributed by atoms with Crippen LogP contribution < -0.4 is 0 Å². The van der Waals surface area contributed by atoms with Crippen LogP contribution in [0.25, 0.3) is 0 Å². The van der Waals surface area contributed by atoms with Crippen LogP contribution in [0.15, 0.2) is 140 Å². The first-order valence-electron chi connectivity index (χ1n) is 13.0. The molecule has 1 aliphatic carbocycles. The van der Waals surface area contributed by atoms with Gasteiger partial charge in [0, 0.05) is 0 Å². The second kappa shape index (κ2) is 12.2. The van der Waals surface area contributed by atoms with E-state index in [0.29, 0.717) is 11.8 Å². The summed E-state index contributed by atoms with van der Waals surface area (Å²) in [5.41, 5.74) is 7.23. The fraction of sp³-hybridized carbons (Fsp3) is 0.176. The number of hydrogen-bond donors (Lipinski definition) is 0. The maximum absolute atomic E-state index is 5.31. The Labute approximate surface area is 224 Å². The number of benzene rings is 2. The molecule has 0 amide bonds. The number of rotatable bonds is 8. The molecule has 4 nitrogen and oxygen atoms in total. The zero-order valence-corrected chi connectivity index (χ0v) is 21.8. The zero-order valence-electron chi connectivity index (χ0n) is 21.8. The van der Waals surface area contributed by atoms with Crippen molar-refractivity contribution < 1.29 is 8.83 Å². The number of hydrogen-bond acceptors (Lipinski definition) is 4. The molecular formula is C34H32N2O2. The third-order valence-electron chi connectivity index (χ3n) is 6.70. The molecule has 0 saturated heterocycles. The van der Waals surface area contributed by atoms with Gasteiger partial charge in [-0.2, -0.15) is 0 Å². The van der Waals surface area contributed by atoms with Crippen LogP contribution in [0.4, 0.5) is 11.4 Å². The van der Waals surface area contributed by atoms with E-state index in [1.165, 1.54) is 22.3 Å². The van der Waals surface area contributed by atoms with E-state index in [-0.39, 0.29) is 0 Å². The monoisotopic (exact) mass is 500 g/mol. The topological polar surface area (TPSA) is 51.0 Å². The summed E-state index contributed by atoms with van der Waals surface area (Å²) in [6.45, 7) is 4.51. The van der Waals surface area contributed by atoms with Gasteiger partial charge >= 0.3 is 0 Å². The van der Waals surface area contributed by atoms with E-state index in [0.717, 1.165) is 35.7 Å². The van der Waals surface area contributed by atoms with Gasteiger partial charge in [0.25, 0.3) is 0 Å². The molecule has 0 bridgehead atoms. The predicted octanol–water partition coefficient (Wildman–Crippen LogP) is 9.48. The van der Waals surface area contributed by atoms with Crippen LogP contribution in [0.2, 0.25) is 0 Å². The Morgan fingerprint density at radius 1 is 0.684 bits per heavy atom. The fourth-order valence-corrected chi connectivity index (χ4v) is 4.60. The van der Waals surface area contributed by atoms with Gasteiger partial charge in [0.2, 0.25) is 0 Å². The summed E-state index contributed by atoms with van der Waals surface area (Å²) in [6, 6.07) is 24.4. The minimum absolute atomic E-state index is 0.323. The lowest BCUT2D eigenvalue weighted by molar-refractivity contribution is 0.560. The largest absolute Gasteiger partial charge is 0.463 e. The molecule has 0 saturated carbocycles. The van der Waals surface area contributed by atoms with Gasteiger partial charge in [-0.15, -0.1) is 0 Å². The van der Waals surface area contributed by atoms with Gasteiger partial charge in [-0.3, -0.25) is 9.98 Å². The summed E-state index contributed by atoms with van der Waals surface area (Å²) in [6.07, 6.45) is 18.1. The average molecular weight is 501 g/mol. The van der Waals surface area contributed by atoms with E-state index < -0.39 is 0 Å². The summed E-state index contributed by atoms with van der Waals surface area (Å²) in [5, 5.41) is 0. The van der Waals surface area contributed by atoms with Crippen molar-refractivity contribution in [2.75, 3.05) is 0 Å². The maximum atomic E-state index is 5.31. The number of aliphatic imine (C=N–C) groups is 2. The summed E-state index contributed by atoms with van der Waals surface area (Å²) in [5.74, 6) is 2.17. The maximum Gasteiger partial charge on any atom is 0.144 e. The van der Waals surface area contributed by atoms with Crippen LogP contribution in [0, 0.1) is 0 Å². The molecule has 2 aromatic carbocycles. The summed E-state index contributed by atoms with van der Waals surface area (Å²) in [7, 11) is 0. The van der Waals surface area contributed by atoms with E-state index >= 15 is 0 Å². The van der Waals surface area contributed by atoms with Crippen molar-refractivity contribution in [2.24, 2.45) is 9.98 Å². The lowest BCUT2D eigenvalue weighted by Crippen LogP contribution is -1.98. The van der Waals surface area contributed by atoms with Crippen LogP contribution in [0.3, 0.4) is 0 Å². The van der Waals surface area contributed by atoms with E-state index in [2.05, 4.69) is 96.7 Å². The van der Waals surface area contributed by atoms with E-state index in [1.54, 1.807) is 25.0 Å². The third-order valence-corrected chi connectivity index (χ3v) is 6.70. The third kappa shape index (κ3) is 6.86. The lowest BCUT2D eigenvalue weighted by atomic mass is 9.88. The first kappa shape index (κ1) is 25.2. The zero-order chi connectivity index (χ0) is 26.2. The predicted molar refractivity (Wildman–Crippen MR) is 156 cm³/mol. The minimum atomic E-state index is 0.323. The van der Waals surface area contributed by atoms with E-state index in [1.807, 2.05) is 24.3 Å². The Morgan fingerprint density at radius 2 is 1.21 bits per heavy atom. The molecule has 0 aliphatic heterocycles. The number of allylic oxidation sites excluding steroid dienone is 6. The lowest BCUT2D eigenvalue weighted by Gasteiger charge is -2.17. The smallest absolute Gasteiger partial charge is 0.144 e. The van der Waals surface area contributed by atoms with Crippen LogP contribution >= 0.6 is 0 Å². The van der Waals surface area contributed by atoms with Gasteiger partial charge in [0.1, 0.15) is 11.5 Å². The SMILES string of the molecule is CC(C=C1C=CCC(=CC(C)c2ccc(N=Cc3ccco3)cc2)C1)c1ccc(N=Cc2ccco2)cc1. The normalized spacial score (nSPS) is 17.6. The second-order valence-corrected chi connectivity index (χ2v) is 9.66. The van der Waals surface area contributed by atoms with Crippen LogP contribution in [0.1, 0.15) is 61.2 Å². The molecule has 5 rings (SSSR count). The number of furan rings is 2. The Kier molecular flexibility index (Phi) is 8.10. The van der Waals surface area contributed by atoms with Crippen molar-refractivity contribution in [1.82, 2.24) is 0 Å². The highest BCUT2D eigenvalue weighted by Crippen LogP contribution is 2.30. The summed E-state index contributed by atoms with van der Waals surface area (Å²) < 4.78 is 10.6. The molecular weight excluding hydrogens is 468 g/mol. The molecule has 2 aromatic heterocycles. The molecule has 4 aromatic rings. The van der Waals surface area contributed by atoms with Crippen molar-refractivity contribution in [3.8, 4) is 0 Å². The van der Waals surface area contributed by atoms with Crippen molar-refractivity contribution in [2.45, 2.75) is 38.5 Å². The molecule has 0 fully saturated rings. The highest BCUT2D eigenvalue weighted by molar-refractivity contribution is 5.79. The van der Waals surface area contributed by atoms with Gasteiger partial charge in [0.15, 0.2) is 0 Å². The molecule has 1 aliphatic rings. The highest BCUT2D eigenvalue weighted by atomic mass is 16.3. The Morgan fingerprint density at radius 3 is 1.71 bits per heavy atom. The van der Waals surface area contributed by atoms with Crippen molar-refractivity contribution in [3.63, 3.8) is 0 Å². The van der Waals surface area contributed by atoms with Gasteiger partial charge in [-0.25, -0.2) is 0 Å². The summed E-state index contributed by atoms with van der Waals surface area (Å²) in [4.78, 5) is 8.98. The van der Waals surface area contributed by atoms with Crippen molar-refractivity contribution >= 4 is 23.8 Å². The van der Waals surface area contributed by atoms with Gasteiger partial charge in [-0.05, 0) is 89.9 Å². The molecule has 0 N–H and O–H groups in total. The van der Waals surface area contributed by atoms with Gasteiger partial charge in [0.05, 0.1) is 36.3 Å². The van der Waals surface area contributed by atoms with Crippen LogP contribution in [-0.4, -0.2) is 12.4 Å². The van der Waals surface area contributed by atoms with Crippen molar-refractivity contribution in [1.29, 1.82) is 0 Å². The number of nitrogens with zero attached hydrogens (tertiary/aromatic N) is 2. The Balaban J connectivity index is 1.19. The average Bonchev–Trinajstić information content (AvgIpc) is 3.66. The first-order chi connectivity index (χ1) is 18.6. The fourth-order valence-electron chi connectivity index (χ4n) is 4.60. The quantitative estimate of drug-likeness (QED) is 0.179. The Hall–Kier alpha value is -4.44. The van der Waals surface area contributed by atoms with Gasteiger partial charge < -0.3 is 8.83 Å². The molecule has 4 heteroatoms. The minimum Gasteiger partial charge on any atom is -0.463 e. The molecule has 2 atom stereocenters. The molecule has 38 heavy (non-hydrogen) atoms. The Bertz CT molecular complexity index is 1450. The van der Waals surface area contributed by atoms with E-state index in [9.17, 15) is 0 Å². The van der Waals surface area contributed by atoms with Gasteiger partial charge in [-0.1, -0.05) is 68.0 Å². The standard InChI is InChI=1S/C34H32N2O2/c1-25(29-10-14-31(15-11-29)35-23-33-8-4-18-37-33)20-27-6-3-7-28(22-27)21-26(2)30-12-16-32(17-13-30)36-24-34-9-5-19-38-34/h3-6,8-21,23-26H,7,22H2,1-2H3. The van der Waals surface area contributed by atoms with Crippen molar-refractivity contribution in [3.05, 3.63) is 143 Å².